The zero-order valence-corrected chi connectivity index (χ0v) is 12.2. The minimum Gasteiger partial charge on any atom is -0.508 e. The molecule has 0 aromatic heterocycles. The quantitative estimate of drug-likeness (QED) is 0.867. The summed E-state index contributed by atoms with van der Waals surface area (Å²) in [6.07, 6.45) is 4.09. The van der Waals surface area contributed by atoms with Gasteiger partial charge in [-0.2, -0.15) is 0 Å². The third kappa shape index (κ3) is 1.97. The lowest BCUT2D eigenvalue weighted by atomic mass is 9.68. The Kier molecular flexibility index (Phi) is 2.90. The summed E-state index contributed by atoms with van der Waals surface area (Å²) < 4.78 is 0. The molecule has 0 saturated heterocycles. The predicted molar refractivity (Wildman–Crippen MR) is 78.0 cm³/mol. The highest BCUT2D eigenvalue weighted by molar-refractivity contribution is 5.31. The van der Waals surface area contributed by atoms with Gasteiger partial charge in [0.05, 0.1) is 0 Å². The van der Waals surface area contributed by atoms with Gasteiger partial charge in [0.2, 0.25) is 0 Å². The number of benzene rings is 1. The smallest absolute Gasteiger partial charge is 0.120 e. The van der Waals surface area contributed by atoms with Gasteiger partial charge in [-0.15, -0.1) is 0 Å². The molecule has 0 heterocycles. The molecule has 2 fully saturated rings. The van der Waals surface area contributed by atoms with Gasteiger partial charge in [0.1, 0.15) is 5.75 Å². The third-order valence-electron chi connectivity index (χ3n) is 5.76. The van der Waals surface area contributed by atoms with E-state index in [1.807, 2.05) is 18.2 Å². The molecule has 2 aliphatic rings. The summed E-state index contributed by atoms with van der Waals surface area (Å²) in [5.41, 5.74) is 1.82. The van der Waals surface area contributed by atoms with E-state index in [1.165, 1.54) is 19.3 Å². The molecule has 3 atom stereocenters. The summed E-state index contributed by atoms with van der Waals surface area (Å²) >= 11 is 0. The zero-order valence-electron chi connectivity index (χ0n) is 12.2. The van der Waals surface area contributed by atoms with Gasteiger partial charge >= 0.3 is 0 Å². The van der Waals surface area contributed by atoms with Crippen molar-refractivity contribution in [2.75, 3.05) is 0 Å². The standard InChI is InChI=1S/C17H25NO/c1-16(2)13-8-9-17(3,10-13)15(16)18-11-12-6-4-5-7-14(12)19/h4-7,13,15,18-19H,8-11H2,1-3H3. The molecule has 3 unspecified atom stereocenters. The topological polar surface area (TPSA) is 32.3 Å². The molecule has 3 rings (SSSR count). The van der Waals surface area contributed by atoms with Crippen molar-refractivity contribution in [1.29, 1.82) is 0 Å². The third-order valence-corrected chi connectivity index (χ3v) is 5.76. The molecule has 19 heavy (non-hydrogen) atoms. The molecule has 1 aromatic rings. The first kappa shape index (κ1) is 13.0. The van der Waals surface area contributed by atoms with Crippen LogP contribution in [-0.2, 0) is 6.54 Å². The summed E-state index contributed by atoms with van der Waals surface area (Å²) in [5, 5.41) is 13.6. The second-order valence-electron chi connectivity index (χ2n) is 7.36. The number of phenolic OH excluding ortho intramolecular Hbond substituents is 1. The van der Waals surface area contributed by atoms with E-state index in [0.717, 1.165) is 18.0 Å². The molecular formula is C17H25NO. The van der Waals surface area contributed by atoms with Crippen molar-refractivity contribution in [2.24, 2.45) is 16.7 Å². The lowest BCUT2D eigenvalue weighted by Crippen LogP contribution is -2.49. The maximum atomic E-state index is 9.87. The van der Waals surface area contributed by atoms with Crippen LogP contribution in [0.25, 0.3) is 0 Å². The van der Waals surface area contributed by atoms with Gasteiger partial charge in [-0.25, -0.2) is 0 Å². The molecule has 0 spiro atoms. The molecule has 0 aliphatic heterocycles. The van der Waals surface area contributed by atoms with Gasteiger partial charge in [-0.3, -0.25) is 0 Å². The Morgan fingerprint density at radius 2 is 2.00 bits per heavy atom. The molecule has 0 amide bonds. The van der Waals surface area contributed by atoms with Crippen molar-refractivity contribution in [1.82, 2.24) is 5.32 Å². The molecule has 2 nitrogen and oxygen atoms in total. The fourth-order valence-electron chi connectivity index (χ4n) is 4.68. The summed E-state index contributed by atoms with van der Waals surface area (Å²) in [6, 6.07) is 8.19. The Morgan fingerprint density at radius 1 is 1.26 bits per heavy atom. The van der Waals surface area contributed by atoms with Crippen LogP contribution in [0.3, 0.4) is 0 Å². The molecule has 2 aliphatic carbocycles. The van der Waals surface area contributed by atoms with Gasteiger partial charge in [-0.1, -0.05) is 39.0 Å². The van der Waals surface area contributed by atoms with Crippen LogP contribution in [-0.4, -0.2) is 11.1 Å². The van der Waals surface area contributed by atoms with Crippen LogP contribution in [0.1, 0.15) is 45.6 Å². The van der Waals surface area contributed by atoms with Crippen LogP contribution < -0.4 is 5.32 Å². The largest absolute Gasteiger partial charge is 0.508 e. The van der Waals surface area contributed by atoms with E-state index in [4.69, 9.17) is 0 Å². The average molecular weight is 259 g/mol. The van der Waals surface area contributed by atoms with Crippen LogP contribution in [0, 0.1) is 16.7 Å². The van der Waals surface area contributed by atoms with Crippen LogP contribution in [0.2, 0.25) is 0 Å². The van der Waals surface area contributed by atoms with E-state index in [2.05, 4.69) is 26.1 Å². The SMILES string of the molecule is CC12CCC(C1)C(C)(C)C2NCc1ccccc1O. The van der Waals surface area contributed by atoms with Crippen molar-refractivity contribution in [3.63, 3.8) is 0 Å². The van der Waals surface area contributed by atoms with E-state index in [1.54, 1.807) is 6.07 Å². The van der Waals surface area contributed by atoms with Crippen molar-refractivity contribution >= 4 is 0 Å². The van der Waals surface area contributed by atoms with E-state index in [0.29, 0.717) is 22.6 Å². The molecule has 1 aromatic carbocycles. The maximum Gasteiger partial charge on any atom is 0.120 e. The van der Waals surface area contributed by atoms with Gasteiger partial charge in [-0.05, 0) is 42.1 Å². The lowest BCUT2D eigenvalue weighted by molar-refractivity contribution is 0.108. The Hall–Kier alpha value is -1.02. The van der Waals surface area contributed by atoms with Gasteiger partial charge in [0.15, 0.2) is 0 Å². The van der Waals surface area contributed by atoms with Crippen LogP contribution in [0.5, 0.6) is 5.75 Å². The highest BCUT2D eigenvalue weighted by Crippen LogP contribution is 2.62. The van der Waals surface area contributed by atoms with Crippen molar-refractivity contribution in [2.45, 2.75) is 52.6 Å². The van der Waals surface area contributed by atoms with Crippen LogP contribution in [0.4, 0.5) is 0 Å². The monoisotopic (exact) mass is 259 g/mol. The van der Waals surface area contributed by atoms with E-state index in [9.17, 15) is 5.11 Å². The van der Waals surface area contributed by atoms with Gasteiger partial charge in [0.25, 0.3) is 0 Å². The second-order valence-corrected chi connectivity index (χ2v) is 7.36. The Morgan fingerprint density at radius 3 is 2.63 bits per heavy atom. The molecule has 0 radical (unpaired) electrons. The Bertz CT molecular complexity index is 477. The Labute approximate surface area is 116 Å². The number of hydrogen-bond donors (Lipinski definition) is 2. The Balaban J connectivity index is 1.75. The first-order valence-corrected chi connectivity index (χ1v) is 7.44. The number of aromatic hydroxyl groups is 1. The summed E-state index contributed by atoms with van der Waals surface area (Å²) in [4.78, 5) is 0. The van der Waals surface area contributed by atoms with E-state index < -0.39 is 0 Å². The normalized spacial score (nSPS) is 35.7. The number of phenols is 1. The van der Waals surface area contributed by atoms with Crippen molar-refractivity contribution in [3.8, 4) is 5.75 Å². The maximum absolute atomic E-state index is 9.87. The highest BCUT2D eigenvalue weighted by Gasteiger charge is 2.58. The summed E-state index contributed by atoms with van der Waals surface area (Å²) in [6.45, 7) is 8.02. The molecule has 2 N–H and O–H groups in total. The lowest BCUT2D eigenvalue weighted by Gasteiger charge is -2.43. The van der Waals surface area contributed by atoms with Gasteiger partial charge < -0.3 is 10.4 Å². The molecule has 2 heteroatoms. The fraction of sp³-hybridized carbons (Fsp3) is 0.647. The van der Waals surface area contributed by atoms with E-state index in [-0.39, 0.29) is 0 Å². The average Bonchev–Trinajstić information content (AvgIpc) is 2.82. The van der Waals surface area contributed by atoms with Gasteiger partial charge in [0, 0.05) is 18.2 Å². The fourth-order valence-corrected chi connectivity index (χ4v) is 4.68. The van der Waals surface area contributed by atoms with E-state index >= 15 is 0 Å². The van der Waals surface area contributed by atoms with Crippen molar-refractivity contribution < 1.29 is 5.11 Å². The molecule has 2 bridgehead atoms. The van der Waals surface area contributed by atoms with Crippen LogP contribution in [0.15, 0.2) is 24.3 Å². The summed E-state index contributed by atoms with van der Waals surface area (Å²) in [5.74, 6) is 1.26. The number of para-hydroxylation sites is 1. The first-order chi connectivity index (χ1) is 8.93. The van der Waals surface area contributed by atoms with Crippen molar-refractivity contribution in [3.05, 3.63) is 29.8 Å². The minimum atomic E-state index is 0.372. The van der Waals surface area contributed by atoms with Crippen LogP contribution >= 0.6 is 0 Å². The molecule has 104 valence electrons. The number of fused-ring (bicyclic) bond motifs is 2. The number of hydrogen-bond acceptors (Lipinski definition) is 2. The minimum absolute atomic E-state index is 0.372. The first-order valence-electron chi connectivity index (χ1n) is 7.44. The second kappa shape index (κ2) is 4.24. The number of nitrogens with one attached hydrogen (secondary N) is 1. The number of rotatable bonds is 3. The predicted octanol–water partition coefficient (Wildman–Crippen LogP) is 3.70. The highest BCUT2D eigenvalue weighted by atomic mass is 16.3. The zero-order chi connectivity index (χ0) is 13.7. The summed E-state index contributed by atoms with van der Waals surface area (Å²) in [7, 11) is 0. The molecular weight excluding hydrogens is 234 g/mol. The molecule has 2 saturated carbocycles.